The molecule has 2 aliphatic rings. The van der Waals surface area contributed by atoms with Gasteiger partial charge >= 0.3 is 0 Å². The number of hydrogen-bond donors (Lipinski definition) is 0. The van der Waals surface area contributed by atoms with Gasteiger partial charge in [0, 0.05) is 19.1 Å². The van der Waals surface area contributed by atoms with Crippen LogP contribution in [0.25, 0.3) is 0 Å². The van der Waals surface area contributed by atoms with Gasteiger partial charge in [0.05, 0.1) is 6.67 Å². The smallest absolute Gasteiger partial charge is 0.0510 e. The molecule has 2 fully saturated rings. The minimum Gasteiger partial charge on any atom is -0.292 e. The molecule has 2 heteroatoms. The van der Waals surface area contributed by atoms with Crippen molar-refractivity contribution in [3.05, 3.63) is 12.7 Å². The van der Waals surface area contributed by atoms with E-state index in [1.54, 1.807) is 0 Å². The zero-order valence-corrected chi connectivity index (χ0v) is 12.1. The lowest BCUT2D eigenvalue weighted by atomic mass is 9.89. The summed E-state index contributed by atoms with van der Waals surface area (Å²) in [6.45, 7) is 7.37. The summed E-state index contributed by atoms with van der Waals surface area (Å²) in [5, 5.41) is 0. The number of nitrogens with zero attached hydrogens (tertiary/aromatic N) is 2. The Morgan fingerprint density at radius 1 is 1.06 bits per heavy atom. The fourth-order valence-electron chi connectivity index (χ4n) is 3.76. The third-order valence-electron chi connectivity index (χ3n) is 4.70. The quantitative estimate of drug-likeness (QED) is 0.707. The molecule has 0 radical (unpaired) electrons. The minimum absolute atomic E-state index is 0.783. The summed E-state index contributed by atoms with van der Waals surface area (Å²) in [4.78, 5) is 5.11. The fraction of sp³-hybridized carbons (Fsp3) is 0.875. The molecule has 104 valence electrons. The van der Waals surface area contributed by atoms with E-state index in [4.69, 9.17) is 0 Å². The Morgan fingerprint density at radius 2 is 1.67 bits per heavy atom. The van der Waals surface area contributed by atoms with Crippen molar-refractivity contribution in [3.8, 4) is 0 Å². The maximum Gasteiger partial charge on any atom is 0.0510 e. The second-order valence-electron chi connectivity index (χ2n) is 6.27. The van der Waals surface area contributed by atoms with Gasteiger partial charge in [0.15, 0.2) is 0 Å². The van der Waals surface area contributed by atoms with E-state index >= 15 is 0 Å². The van der Waals surface area contributed by atoms with Crippen LogP contribution in [0.3, 0.4) is 0 Å². The SMILES string of the molecule is C=CCN1CN(C)CC1C1CCCCCCCC1. The van der Waals surface area contributed by atoms with Gasteiger partial charge in [0.2, 0.25) is 0 Å². The van der Waals surface area contributed by atoms with E-state index in [-0.39, 0.29) is 0 Å². The molecule has 0 aromatic carbocycles. The highest BCUT2D eigenvalue weighted by Crippen LogP contribution is 2.29. The Bertz CT molecular complexity index is 241. The summed E-state index contributed by atoms with van der Waals surface area (Å²) in [6, 6.07) is 0.783. The molecular weight excluding hydrogens is 220 g/mol. The molecule has 0 N–H and O–H groups in total. The lowest BCUT2D eigenvalue weighted by Gasteiger charge is -2.30. The molecule has 0 aromatic rings. The van der Waals surface area contributed by atoms with Gasteiger partial charge in [-0.2, -0.15) is 0 Å². The molecule has 1 unspecified atom stereocenters. The van der Waals surface area contributed by atoms with Gasteiger partial charge < -0.3 is 0 Å². The third-order valence-corrected chi connectivity index (χ3v) is 4.70. The highest BCUT2D eigenvalue weighted by atomic mass is 15.4. The number of hydrogen-bond acceptors (Lipinski definition) is 2. The van der Waals surface area contributed by atoms with Crippen LogP contribution in [0.5, 0.6) is 0 Å². The second-order valence-corrected chi connectivity index (χ2v) is 6.27. The summed E-state index contributed by atoms with van der Waals surface area (Å²) in [5.41, 5.74) is 0. The Morgan fingerprint density at radius 3 is 2.28 bits per heavy atom. The van der Waals surface area contributed by atoms with Gasteiger partial charge in [-0.1, -0.05) is 44.6 Å². The van der Waals surface area contributed by atoms with Gasteiger partial charge in [-0.3, -0.25) is 9.80 Å². The summed E-state index contributed by atoms with van der Waals surface area (Å²) >= 11 is 0. The van der Waals surface area contributed by atoms with Crippen LogP contribution in [0.15, 0.2) is 12.7 Å². The van der Waals surface area contributed by atoms with Gasteiger partial charge in [-0.15, -0.1) is 6.58 Å². The minimum atomic E-state index is 0.783. The predicted octanol–water partition coefficient (Wildman–Crippen LogP) is 3.50. The van der Waals surface area contributed by atoms with Crippen LogP contribution in [0.1, 0.15) is 51.4 Å². The highest BCUT2D eigenvalue weighted by molar-refractivity contribution is 4.90. The van der Waals surface area contributed by atoms with Crippen molar-refractivity contribution >= 4 is 0 Å². The first-order valence-corrected chi connectivity index (χ1v) is 7.84. The van der Waals surface area contributed by atoms with Crippen LogP contribution in [0.4, 0.5) is 0 Å². The maximum absolute atomic E-state index is 3.92. The van der Waals surface area contributed by atoms with Crippen molar-refractivity contribution in [1.82, 2.24) is 9.80 Å². The topological polar surface area (TPSA) is 6.48 Å². The molecular formula is C16H30N2. The van der Waals surface area contributed by atoms with E-state index in [0.29, 0.717) is 0 Å². The van der Waals surface area contributed by atoms with E-state index < -0.39 is 0 Å². The largest absolute Gasteiger partial charge is 0.292 e. The molecule has 0 aromatic heterocycles. The first-order valence-electron chi connectivity index (χ1n) is 7.84. The van der Waals surface area contributed by atoms with Gasteiger partial charge in [0.1, 0.15) is 0 Å². The molecule has 0 amide bonds. The monoisotopic (exact) mass is 250 g/mol. The standard InChI is InChI=1S/C16H30N2/c1-3-12-18-14-17(2)13-16(18)15-10-8-6-4-5-7-9-11-15/h3,15-16H,1,4-14H2,2H3. The van der Waals surface area contributed by atoms with Crippen LogP contribution in [-0.4, -0.2) is 42.6 Å². The number of likely N-dealkylation sites (N-methyl/N-ethyl adjacent to an activating group) is 1. The van der Waals surface area contributed by atoms with E-state index in [1.165, 1.54) is 57.9 Å². The molecule has 1 saturated heterocycles. The van der Waals surface area contributed by atoms with Crippen molar-refractivity contribution in [3.63, 3.8) is 0 Å². The average molecular weight is 250 g/mol. The van der Waals surface area contributed by atoms with E-state index in [0.717, 1.165) is 25.2 Å². The second kappa shape index (κ2) is 7.30. The Labute approximate surface area is 113 Å². The maximum atomic E-state index is 3.92. The first-order chi connectivity index (χ1) is 8.81. The van der Waals surface area contributed by atoms with E-state index in [2.05, 4.69) is 29.5 Å². The lowest BCUT2D eigenvalue weighted by Crippen LogP contribution is -2.37. The third kappa shape index (κ3) is 3.83. The van der Waals surface area contributed by atoms with Crippen molar-refractivity contribution in [2.45, 2.75) is 57.4 Å². The molecule has 2 nitrogen and oxygen atoms in total. The molecule has 1 saturated carbocycles. The Hall–Kier alpha value is -0.340. The lowest BCUT2D eigenvalue weighted by molar-refractivity contribution is 0.190. The van der Waals surface area contributed by atoms with E-state index in [1.807, 2.05) is 0 Å². The van der Waals surface area contributed by atoms with Gasteiger partial charge in [0.25, 0.3) is 0 Å². The normalized spacial score (nSPS) is 29.7. The van der Waals surface area contributed by atoms with Crippen LogP contribution >= 0.6 is 0 Å². The summed E-state index contributed by atoms with van der Waals surface area (Å²) in [6.07, 6.45) is 13.7. The van der Waals surface area contributed by atoms with Crippen molar-refractivity contribution in [1.29, 1.82) is 0 Å². The van der Waals surface area contributed by atoms with Crippen molar-refractivity contribution in [2.75, 3.05) is 26.8 Å². The Kier molecular flexibility index (Phi) is 5.71. The Balaban J connectivity index is 1.94. The molecule has 1 heterocycles. The molecule has 1 aliphatic carbocycles. The number of rotatable bonds is 3. The molecule has 2 rings (SSSR count). The summed E-state index contributed by atoms with van der Waals surface area (Å²) in [5.74, 6) is 0.924. The van der Waals surface area contributed by atoms with Crippen LogP contribution in [0, 0.1) is 5.92 Å². The predicted molar refractivity (Wildman–Crippen MR) is 78.6 cm³/mol. The first kappa shape index (κ1) is 14.1. The van der Waals surface area contributed by atoms with Gasteiger partial charge in [-0.05, 0) is 25.8 Å². The molecule has 18 heavy (non-hydrogen) atoms. The van der Waals surface area contributed by atoms with Crippen LogP contribution in [-0.2, 0) is 0 Å². The van der Waals surface area contributed by atoms with Crippen LogP contribution < -0.4 is 0 Å². The van der Waals surface area contributed by atoms with Crippen molar-refractivity contribution in [2.24, 2.45) is 5.92 Å². The van der Waals surface area contributed by atoms with Crippen LogP contribution in [0.2, 0.25) is 0 Å². The summed E-state index contributed by atoms with van der Waals surface area (Å²) < 4.78 is 0. The average Bonchev–Trinajstić information content (AvgIpc) is 2.76. The van der Waals surface area contributed by atoms with E-state index in [9.17, 15) is 0 Å². The zero-order chi connectivity index (χ0) is 12.8. The molecule has 1 atom stereocenters. The van der Waals surface area contributed by atoms with Crippen molar-refractivity contribution < 1.29 is 0 Å². The molecule has 0 spiro atoms. The summed E-state index contributed by atoms with van der Waals surface area (Å²) in [7, 11) is 2.26. The van der Waals surface area contributed by atoms with Gasteiger partial charge in [-0.25, -0.2) is 0 Å². The molecule has 0 bridgehead atoms. The zero-order valence-electron chi connectivity index (χ0n) is 12.1. The highest BCUT2D eigenvalue weighted by Gasteiger charge is 2.33. The fourth-order valence-corrected chi connectivity index (χ4v) is 3.76. The molecule has 1 aliphatic heterocycles.